The van der Waals surface area contributed by atoms with E-state index in [-0.39, 0.29) is 47.5 Å². The molecule has 0 aliphatic carbocycles. The van der Waals surface area contributed by atoms with Crippen LogP contribution in [0.2, 0.25) is 0 Å². The highest BCUT2D eigenvalue weighted by atomic mass is 19.1. The van der Waals surface area contributed by atoms with E-state index in [1.165, 1.54) is 6.07 Å². The predicted octanol–water partition coefficient (Wildman–Crippen LogP) is 7.90. The monoisotopic (exact) mass is 792 g/mol. The summed E-state index contributed by atoms with van der Waals surface area (Å²) in [6.07, 6.45) is 14.7. The lowest BCUT2D eigenvalue weighted by Gasteiger charge is -2.48. The molecule has 0 amide bonds. The van der Waals surface area contributed by atoms with Gasteiger partial charge in [-0.25, -0.2) is 22.9 Å². The summed E-state index contributed by atoms with van der Waals surface area (Å²) in [6.45, 7) is 4.61. The molecule has 5 atom stereocenters. The Bertz CT molecular complexity index is 2520. The molecular weight excluding hydrogens is 746 g/mol. The van der Waals surface area contributed by atoms with Gasteiger partial charge in [-0.2, -0.15) is 9.97 Å². The van der Waals surface area contributed by atoms with Gasteiger partial charge in [-0.15, -0.1) is 6.42 Å². The number of fused-ring (bicyclic) bond motifs is 7. The minimum Gasteiger partial charge on any atom is -0.461 e. The molecule has 2 bridgehead atoms. The number of benzene rings is 2. The zero-order valence-corrected chi connectivity index (χ0v) is 32.7. The standard InChI is InChI=1S/C45H47F3N6O4/c1-3-5-6-14-35-36(58-44(55)57-35)24-53-28-16-18-34(53)33-13-8-12-32-38-41(39(48)40(49-32)30-11-7-10-26-15-17-31(47)29(4-2)37(26)30)50-43(51-42(38)54(33)23-28)56-25-45-19-9-20-52(45)22-27(46)21-45/h2,7,10-11,15,17,27-28,33-34H,3,5-6,8-9,12-14,16,18-25H2,1H3/t27-,28-,33-,34+,45+/m1/s1. The van der Waals surface area contributed by atoms with Crippen LogP contribution in [-0.4, -0.2) is 80.8 Å². The van der Waals surface area contributed by atoms with E-state index in [0.29, 0.717) is 83.7 Å². The van der Waals surface area contributed by atoms with E-state index >= 15 is 8.78 Å². The fraction of sp³-hybridized carbons (Fsp3) is 0.511. The molecule has 4 fully saturated rings. The number of hydrogen-bond acceptors (Lipinski definition) is 10. The third kappa shape index (κ3) is 6.17. The van der Waals surface area contributed by atoms with Gasteiger partial charge in [-0.3, -0.25) is 9.80 Å². The van der Waals surface area contributed by atoms with Crippen LogP contribution < -0.4 is 15.5 Å². The van der Waals surface area contributed by atoms with Crippen molar-refractivity contribution in [3.05, 3.63) is 75.4 Å². The highest BCUT2D eigenvalue weighted by molar-refractivity contribution is 6.02. The number of nitrogens with zero attached hydrogens (tertiary/aromatic N) is 6. The van der Waals surface area contributed by atoms with E-state index in [2.05, 4.69) is 27.5 Å². The summed E-state index contributed by atoms with van der Waals surface area (Å²) in [4.78, 5) is 34.2. The van der Waals surface area contributed by atoms with Crippen LogP contribution in [0, 0.1) is 24.0 Å². The third-order valence-electron chi connectivity index (χ3n) is 13.6. The summed E-state index contributed by atoms with van der Waals surface area (Å²) in [6, 6.07) is 8.58. The number of unbranched alkanes of at least 4 members (excludes halogenated alkanes) is 2. The second kappa shape index (κ2) is 14.7. The van der Waals surface area contributed by atoms with Gasteiger partial charge in [0, 0.05) is 55.0 Å². The van der Waals surface area contributed by atoms with Crippen LogP contribution in [0.5, 0.6) is 6.01 Å². The molecule has 2 aromatic carbocycles. The molecule has 8 heterocycles. The van der Waals surface area contributed by atoms with Gasteiger partial charge in [0.15, 0.2) is 17.3 Å². The summed E-state index contributed by atoms with van der Waals surface area (Å²) < 4.78 is 65.1. The number of aryl methyl sites for hydroxylation is 2. The van der Waals surface area contributed by atoms with Gasteiger partial charge in [-0.1, -0.05) is 50.0 Å². The molecule has 13 heteroatoms. The van der Waals surface area contributed by atoms with Crippen LogP contribution in [0.25, 0.3) is 32.9 Å². The van der Waals surface area contributed by atoms with E-state index in [1.54, 1.807) is 18.2 Å². The van der Waals surface area contributed by atoms with E-state index in [0.717, 1.165) is 64.3 Å². The first kappa shape index (κ1) is 37.3. The van der Waals surface area contributed by atoms with Gasteiger partial charge in [0.1, 0.15) is 35.6 Å². The lowest BCUT2D eigenvalue weighted by Crippen LogP contribution is -2.60. The number of piperazine rings is 1. The number of hydrogen-bond donors (Lipinski definition) is 0. The Labute approximate surface area is 334 Å². The second-order valence-corrected chi connectivity index (χ2v) is 16.9. The van der Waals surface area contributed by atoms with Crippen LogP contribution in [-0.2, 0) is 19.4 Å². The lowest BCUT2D eigenvalue weighted by molar-refractivity contribution is 0.106. The summed E-state index contributed by atoms with van der Waals surface area (Å²) in [7, 11) is 0. The fourth-order valence-corrected chi connectivity index (χ4v) is 11.0. The van der Waals surface area contributed by atoms with Crippen LogP contribution in [0.1, 0.15) is 93.9 Å². The molecule has 5 aromatic rings. The molecule has 5 aliphatic heterocycles. The summed E-state index contributed by atoms with van der Waals surface area (Å²) >= 11 is 0. The Hall–Kier alpha value is -4.93. The van der Waals surface area contributed by atoms with E-state index in [4.69, 9.17) is 34.9 Å². The van der Waals surface area contributed by atoms with Crippen LogP contribution in [0.3, 0.4) is 0 Å². The van der Waals surface area contributed by atoms with Crippen molar-refractivity contribution in [1.29, 1.82) is 0 Å². The summed E-state index contributed by atoms with van der Waals surface area (Å²) in [5, 5.41) is 1.63. The van der Waals surface area contributed by atoms with Gasteiger partial charge in [-0.05, 0) is 69.4 Å². The molecule has 0 radical (unpaired) electrons. The van der Waals surface area contributed by atoms with E-state index in [9.17, 15) is 9.18 Å². The molecular formula is C45H47F3N6O4. The third-order valence-corrected chi connectivity index (χ3v) is 13.6. The SMILES string of the molecule is C#Cc1c(F)ccc2cccc(-c3nc4c5c(nc(OC[C@@]67CCCN6C[C@H](F)C7)nc5c3F)N3C[C@H]5CC[C@@H]([C@H]3CCC4)N5Cc3oc(=O)oc3CCCCC)c12. The second-order valence-electron chi connectivity index (χ2n) is 16.9. The first-order valence-electron chi connectivity index (χ1n) is 21.0. The van der Waals surface area contributed by atoms with Gasteiger partial charge in [0.25, 0.3) is 0 Å². The van der Waals surface area contributed by atoms with Crippen molar-refractivity contribution in [1.82, 2.24) is 24.8 Å². The average Bonchev–Trinajstić information content (AvgIpc) is 3.94. The number of halogens is 3. The Balaban J connectivity index is 1.08. The van der Waals surface area contributed by atoms with Crippen LogP contribution in [0.4, 0.5) is 19.0 Å². The number of ether oxygens (including phenoxy) is 1. The van der Waals surface area contributed by atoms with Crippen molar-refractivity contribution in [3.63, 3.8) is 0 Å². The molecule has 5 aliphatic rings. The lowest BCUT2D eigenvalue weighted by atomic mass is 9.92. The van der Waals surface area contributed by atoms with Crippen molar-refractivity contribution in [2.45, 2.75) is 120 Å². The molecule has 0 unspecified atom stereocenters. The Morgan fingerprint density at radius 2 is 1.88 bits per heavy atom. The number of anilines is 1. The highest BCUT2D eigenvalue weighted by Crippen LogP contribution is 2.46. The summed E-state index contributed by atoms with van der Waals surface area (Å²) in [5.74, 6) is 2.40. The fourth-order valence-electron chi connectivity index (χ4n) is 11.0. The minimum absolute atomic E-state index is 0.0213. The highest BCUT2D eigenvalue weighted by Gasteiger charge is 2.50. The Morgan fingerprint density at radius 3 is 2.74 bits per heavy atom. The number of alkyl halides is 1. The predicted molar refractivity (Wildman–Crippen MR) is 214 cm³/mol. The summed E-state index contributed by atoms with van der Waals surface area (Å²) in [5.41, 5.74) is 0.756. The topological polar surface area (TPSA) is 101 Å². The Morgan fingerprint density at radius 1 is 1.00 bits per heavy atom. The smallest absolute Gasteiger partial charge is 0.461 e. The molecule has 0 spiro atoms. The maximum absolute atomic E-state index is 17.5. The van der Waals surface area contributed by atoms with Crippen molar-refractivity contribution < 1.29 is 26.7 Å². The van der Waals surface area contributed by atoms with Crippen molar-refractivity contribution in [2.75, 3.05) is 31.1 Å². The first-order chi connectivity index (χ1) is 28.2. The van der Waals surface area contributed by atoms with Gasteiger partial charge in [0.2, 0.25) is 0 Å². The molecule has 10 nitrogen and oxygen atoms in total. The average molecular weight is 793 g/mol. The van der Waals surface area contributed by atoms with Crippen LogP contribution in [0.15, 0.2) is 44.0 Å². The molecule has 58 heavy (non-hydrogen) atoms. The quantitative estimate of drug-likeness (QED) is 0.103. The van der Waals surface area contributed by atoms with Crippen molar-refractivity contribution >= 4 is 27.5 Å². The largest absolute Gasteiger partial charge is 0.519 e. The number of terminal acetylenes is 1. The normalized spacial score (nSPS) is 25.5. The molecule has 0 saturated carbocycles. The minimum atomic E-state index is -0.933. The van der Waals surface area contributed by atoms with Crippen LogP contribution >= 0.6 is 0 Å². The molecule has 302 valence electrons. The molecule has 0 N–H and O–H groups in total. The molecule has 10 rings (SSSR count). The Kier molecular flexibility index (Phi) is 9.47. The maximum Gasteiger partial charge on any atom is 0.519 e. The van der Waals surface area contributed by atoms with Gasteiger partial charge in [0.05, 0.1) is 28.7 Å². The zero-order chi connectivity index (χ0) is 39.7. The first-order valence-corrected chi connectivity index (χ1v) is 21.0. The maximum atomic E-state index is 17.5. The van der Waals surface area contributed by atoms with Crippen molar-refractivity contribution in [3.8, 4) is 29.6 Å². The van der Waals surface area contributed by atoms with Gasteiger partial charge >= 0.3 is 11.8 Å². The number of aromatic nitrogens is 3. The van der Waals surface area contributed by atoms with E-state index in [1.807, 2.05) is 6.07 Å². The molecule has 3 aromatic heterocycles. The van der Waals surface area contributed by atoms with Crippen molar-refractivity contribution in [2.24, 2.45) is 0 Å². The zero-order valence-electron chi connectivity index (χ0n) is 32.7. The van der Waals surface area contributed by atoms with E-state index < -0.39 is 29.2 Å². The number of rotatable bonds is 10. The molecule has 4 saturated heterocycles. The van der Waals surface area contributed by atoms with Gasteiger partial charge < -0.3 is 18.5 Å². The number of pyridine rings is 1.